The number of hydrogen-bond donors (Lipinski definition) is 1. The smallest absolute Gasteiger partial charge is 0.332 e. The molecule has 9 heteroatoms. The number of nitrogens with one attached hydrogen (secondary N) is 1. The molecule has 0 aliphatic rings. The van der Waals surface area contributed by atoms with E-state index in [1.54, 1.807) is 13.3 Å². The lowest BCUT2D eigenvalue weighted by molar-refractivity contribution is -0.121. The fourth-order valence-electron chi connectivity index (χ4n) is 2.32. The molecule has 0 bridgehead atoms. The molecule has 9 nitrogen and oxygen atoms in total. The van der Waals surface area contributed by atoms with E-state index in [1.807, 2.05) is 13.0 Å². The first-order valence-electron chi connectivity index (χ1n) is 7.35. The zero-order valence-electron chi connectivity index (χ0n) is 14.1. The zero-order chi connectivity index (χ0) is 17.9. The molecule has 2 rings (SSSR count). The van der Waals surface area contributed by atoms with E-state index in [0.29, 0.717) is 6.54 Å². The van der Waals surface area contributed by atoms with Crippen molar-refractivity contribution in [2.24, 2.45) is 19.1 Å². The summed E-state index contributed by atoms with van der Waals surface area (Å²) in [5, 5.41) is 2.76. The second-order valence-corrected chi connectivity index (χ2v) is 5.28. The van der Waals surface area contributed by atoms with Gasteiger partial charge in [-0.25, -0.2) is 9.78 Å². The number of fused-ring (bicyclic) bond motifs is 1. The maximum absolute atomic E-state index is 12.3. The number of imidazole rings is 1. The Morgan fingerprint density at radius 2 is 2.04 bits per heavy atom. The van der Waals surface area contributed by atoms with Crippen LogP contribution in [0.5, 0.6) is 0 Å². The number of aliphatic imine (C=N–C) groups is 1. The van der Waals surface area contributed by atoms with Crippen LogP contribution < -0.4 is 16.6 Å². The summed E-state index contributed by atoms with van der Waals surface area (Å²) in [7, 11) is 4.58. The molecule has 24 heavy (non-hydrogen) atoms. The Labute approximate surface area is 138 Å². The lowest BCUT2D eigenvalue weighted by Crippen LogP contribution is -2.38. The molecule has 128 valence electrons. The van der Waals surface area contributed by atoms with Crippen LogP contribution in [0.15, 0.2) is 32.6 Å². The summed E-state index contributed by atoms with van der Waals surface area (Å²) < 4.78 is 3.71. The van der Waals surface area contributed by atoms with Gasteiger partial charge in [-0.05, 0) is 12.5 Å². The van der Waals surface area contributed by atoms with Gasteiger partial charge in [0.15, 0.2) is 11.2 Å². The Morgan fingerprint density at radius 1 is 1.33 bits per heavy atom. The van der Waals surface area contributed by atoms with Gasteiger partial charge in [-0.3, -0.25) is 23.7 Å². The molecule has 0 aliphatic carbocycles. The standard InChI is InChI=1S/C15H20N6O3/c1-5-10(6-16-2)7-17-11(22)8-21-9-18-13-12(21)14(23)20(4)15(24)19(13)3/h5-6,9H,7-8H2,1-4H3,(H,17,22)/b10-5+,16-6-. The quantitative estimate of drug-likeness (QED) is 0.724. The van der Waals surface area contributed by atoms with Gasteiger partial charge in [-0.2, -0.15) is 0 Å². The minimum Gasteiger partial charge on any atom is -0.350 e. The molecule has 0 saturated heterocycles. The molecular formula is C15H20N6O3. The van der Waals surface area contributed by atoms with Crippen LogP contribution in [0, 0.1) is 0 Å². The van der Waals surface area contributed by atoms with Crippen LogP contribution in [-0.4, -0.2) is 44.4 Å². The van der Waals surface area contributed by atoms with Crippen molar-refractivity contribution in [1.29, 1.82) is 0 Å². The first-order chi connectivity index (χ1) is 11.4. The highest BCUT2D eigenvalue weighted by molar-refractivity contribution is 5.82. The van der Waals surface area contributed by atoms with Crippen LogP contribution in [0.3, 0.4) is 0 Å². The summed E-state index contributed by atoms with van der Waals surface area (Å²) in [6, 6.07) is 0. The molecule has 0 unspecified atom stereocenters. The van der Waals surface area contributed by atoms with Gasteiger partial charge in [0.1, 0.15) is 6.54 Å². The van der Waals surface area contributed by atoms with Gasteiger partial charge in [0, 0.05) is 33.9 Å². The van der Waals surface area contributed by atoms with Crippen LogP contribution in [0.4, 0.5) is 0 Å². The van der Waals surface area contributed by atoms with Crippen molar-refractivity contribution in [3.63, 3.8) is 0 Å². The topological polar surface area (TPSA) is 103 Å². The average molecular weight is 332 g/mol. The Balaban J connectivity index is 2.27. The highest BCUT2D eigenvalue weighted by Gasteiger charge is 2.15. The summed E-state index contributed by atoms with van der Waals surface area (Å²) in [5.41, 5.74) is 0.406. The molecule has 2 aromatic heterocycles. The van der Waals surface area contributed by atoms with Gasteiger partial charge in [0.05, 0.1) is 6.33 Å². The number of allylic oxidation sites excluding steroid dienone is 1. The van der Waals surface area contributed by atoms with Crippen molar-refractivity contribution in [1.82, 2.24) is 24.0 Å². The molecule has 0 fully saturated rings. The van der Waals surface area contributed by atoms with Crippen LogP contribution in [0.1, 0.15) is 6.92 Å². The van der Waals surface area contributed by atoms with Gasteiger partial charge in [-0.1, -0.05) is 6.08 Å². The fourth-order valence-corrected chi connectivity index (χ4v) is 2.32. The Bertz CT molecular complexity index is 944. The molecule has 2 heterocycles. The third-order valence-electron chi connectivity index (χ3n) is 3.69. The summed E-state index contributed by atoms with van der Waals surface area (Å²) in [4.78, 5) is 44.3. The predicted octanol–water partition coefficient (Wildman–Crippen LogP) is -0.803. The molecule has 0 aliphatic heterocycles. The molecule has 1 amide bonds. The molecule has 0 spiro atoms. The number of hydrogen-bond acceptors (Lipinski definition) is 5. The number of aryl methyl sites for hydroxylation is 1. The van der Waals surface area contributed by atoms with Crippen LogP contribution >= 0.6 is 0 Å². The molecule has 0 aromatic carbocycles. The van der Waals surface area contributed by atoms with Gasteiger partial charge in [0.25, 0.3) is 5.56 Å². The number of carbonyl (C=O) groups is 1. The van der Waals surface area contributed by atoms with E-state index < -0.39 is 11.2 Å². The highest BCUT2D eigenvalue weighted by Crippen LogP contribution is 2.05. The van der Waals surface area contributed by atoms with E-state index >= 15 is 0 Å². The SMILES string of the molecule is C/C=C(\C=N/C)CNC(=O)Cn1cnc2c1c(=O)n(C)c(=O)n2C. The number of carbonyl (C=O) groups excluding carboxylic acids is 1. The second kappa shape index (κ2) is 7.07. The van der Waals surface area contributed by atoms with Gasteiger partial charge >= 0.3 is 5.69 Å². The van der Waals surface area contributed by atoms with E-state index in [4.69, 9.17) is 0 Å². The Hall–Kier alpha value is -2.97. The lowest BCUT2D eigenvalue weighted by Gasteiger charge is -2.08. The minimum absolute atomic E-state index is 0.0653. The van der Waals surface area contributed by atoms with Crippen molar-refractivity contribution in [3.05, 3.63) is 38.8 Å². The van der Waals surface area contributed by atoms with E-state index in [2.05, 4.69) is 15.3 Å². The highest BCUT2D eigenvalue weighted by atomic mass is 16.2. The third kappa shape index (κ3) is 3.19. The monoisotopic (exact) mass is 332 g/mol. The maximum Gasteiger partial charge on any atom is 0.332 e. The molecular weight excluding hydrogens is 312 g/mol. The van der Waals surface area contributed by atoms with Crippen molar-refractivity contribution in [3.8, 4) is 0 Å². The number of rotatable bonds is 5. The first-order valence-corrected chi connectivity index (χ1v) is 7.35. The molecule has 2 aromatic rings. The van der Waals surface area contributed by atoms with Gasteiger partial charge in [-0.15, -0.1) is 0 Å². The van der Waals surface area contributed by atoms with Crippen LogP contribution in [0.25, 0.3) is 11.2 Å². The number of amides is 1. The predicted molar refractivity (Wildman–Crippen MR) is 91.4 cm³/mol. The van der Waals surface area contributed by atoms with Crippen molar-refractivity contribution < 1.29 is 4.79 Å². The van der Waals surface area contributed by atoms with Gasteiger partial charge in [0.2, 0.25) is 5.91 Å². The Kier molecular flexibility index (Phi) is 5.12. The van der Waals surface area contributed by atoms with Crippen LogP contribution in [-0.2, 0) is 25.4 Å². The van der Waals surface area contributed by atoms with Crippen LogP contribution in [0.2, 0.25) is 0 Å². The number of aromatic nitrogens is 4. The lowest BCUT2D eigenvalue weighted by atomic mass is 10.3. The summed E-state index contributed by atoms with van der Waals surface area (Å²) >= 11 is 0. The van der Waals surface area contributed by atoms with Crippen molar-refractivity contribution in [2.45, 2.75) is 13.5 Å². The van der Waals surface area contributed by atoms with E-state index in [9.17, 15) is 14.4 Å². The van der Waals surface area contributed by atoms with Crippen molar-refractivity contribution in [2.75, 3.05) is 13.6 Å². The Morgan fingerprint density at radius 3 is 2.67 bits per heavy atom. The van der Waals surface area contributed by atoms with Gasteiger partial charge < -0.3 is 9.88 Å². The first kappa shape index (κ1) is 17.4. The fraction of sp³-hybridized carbons (Fsp3) is 0.400. The van der Waals surface area contributed by atoms with E-state index in [1.165, 1.54) is 29.6 Å². The summed E-state index contributed by atoms with van der Waals surface area (Å²) in [6.07, 6.45) is 4.90. The number of nitrogens with zero attached hydrogens (tertiary/aromatic N) is 5. The zero-order valence-corrected chi connectivity index (χ0v) is 14.1. The van der Waals surface area contributed by atoms with Crippen molar-refractivity contribution >= 4 is 23.3 Å². The molecule has 0 saturated carbocycles. The van der Waals surface area contributed by atoms with E-state index in [-0.39, 0.29) is 23.6 Å². The summed E-state index contributed by atoms with van der Waals surface area (Å²) in [5.74, 6) is -0.269. The molecule has 1 N–H and O–H groups in total. The molecule has 0 radical (unpaired) electrons. The minimum atomic E-state index is -0.481. The normalized spacial score (nSPS) is 12.2. The summed E-state index contributed by atoms with van der Waals surface area (Å²) in [6.45, 7) is 2.14. The third-order valence-corrected chi connectivity index (χ3v) is 3.69. The largest absolute Gasteiger partial charge is 0.350 e. The second-order valence-electron chi connectivity index (χ2n) is 5.28. The van der Waals surface area contributed by atoms with E-state index in [0.717, 1.165) is 10.1 Å². The maximum atomic E-state index is 12.3. The molecule has 0 atom stereocenters. The average Bonchev–Trinajstić information content (AvgIpc) is 2.98.